The summed E-state index contributed by atoms with van der Waals surface area (Å²) in [5, 5.41) is 39.4. The first-order chi connectivity index (χ1) is 25.4. The molecule has 0 radical (unpaired) electrons. The maximum absolute atomic E-state index is 13.2. The van der Waals surface area contributed by atoms with Crippen molar-refractivity contribution in [2.24, 2.45) is 0 Å². The second kappa shape index (κ2) is 15.7. The van der Waals surface area contributed by atoms with Gasteiger partial charge in [-0.1, -0.05) is 146 Å². The molecule has 0 aliphatic carbocycles. The molecule has 52 heavy (non-hydrogen) atoms. The lowest BCUT2D eigenvalue weighted by molar-refractivity contribution is -0.0923. The van der Waals surface area contributed by atoms with Crippen LogP contribution in [0.2, 0.25) is 0 Å². The minimum atomic E-state index is -1.81. The lowest BCUT2D eigenvalue weighted by atomic mass is 9.59. The standard InChI is InChI=1S/C45H44O7/c1-49-37-29-17-27-35(40(37)51-3)44(31-19-9-5-10-20-31,32-21-11-6-12-22-32)42(47)39(46)43(48)45(33-23-13-7-14-24-33,34-25-15-8-16-26-34)36-28-18-30-38(50-2)41(36)52-4/h5-30,39,42-43,46-48H,1-4H3. The Kier molecular flexibility index (Phi) is 11.0. The van der Waals surface area contributed by atoms with E-state index in [1.807, 2.05) is 146 Å². The first kappa shape index (κ1) is 36.2. The van der Waals surface area contributed by atoms with Gasteiger partial charge in [0.25, 0.3) is 0 Å². The van der Waals surface area contributed by atoms with Crippen LogP contribution in [0, 0.1) is 0 Å². The van der Waals surface area contributed by atoms with E-state index in [-0.39, 0.29) is 0 Å². The van der Waals surface area contributed by atoms with Crippen molar-refractivity contribution < 1.29 is 34.3 Å². The van der Waals surface area contributed by atoms with Gasteiger partial charge in [0.1, 0.15) is 18.3 Å². The number of hydrogen-bond donors (Lipinski definition) is 3. The van der Waals surface area contributed by atoms with Gasteiger partial charge in [0.2, 0.25) is 0 Å². The van der Waals surface area contributed by atoms with Crippen molar-refractivity contribution in [2.45, 2.75) is 29.1 Å². The van der Waals surface area contributed by atoms with E-state index in [1.54, 1.807) is 40.6 Å². The minimum Gasteiger partial charge on any atom is -0.493 e. The summed E-state index contributed by atoms with van der Waals surface area (Å²) in [7, 11) is 6.20. The number of methoxy groups -OCH3 is 4. The third-order valence-corrected chi connectivity index (χ3v) is 10.1. The normalized spacial score (nSPS) is 13.4. The van der Waals surface area contributed by atoms with Gasteiger partial charge in [-0.15, -0.1) is 0 Å². The van der Waals surface area contributed by atoms with E-state index in [2.05, 4.69) is 0 Å². The van der Waals surface area contributed by atoms with Crippen molar-refractivity contribution >= 4 is 0 Å². The van der Waals surface area contributed by atoms with Crippen LogP contribution >= 0.6 is 0 Å². The molecule has 0 heterocycles. The first-order valence-electron chi connectivity index (χ1n) is 17.1. The summed E-state index contributed by atoms with van der Waals surface area (Å²) in [6, 6.07) is 48.8. The van der Waals surface area contributed by atoms with Gasteiger partial charge in [-0.05, 0) is 34.4 Å². The van der Waals surface area contributed by atoms with Gasteiger partial charge in [0, 0.05) is 11.1 Å². The van der Waals surface area contributed by atoms with Crippen LogP contribution in [0.5, 0.6) is 23.0 Å². The van der Waals surface area contributed by atoms with Crippen molar-refractivity contribution in [1.82, 2.24) is 0 Å². The average molecular weight is 697 g/mol. The van der Waals surface area contributed by atoms with E-state index in [1.165, 1.54) is 0 Å². The van der Waals surface area contributed by atoms with Gasteiger partial charge in [-0.3, -0.25) is 0 Å². The number of benzene rings is 6. The third kappa shape index (κ3) is 5.97. The highest BCUT2D eigenvalue weighted by atomic mass is 16.5. The highest BCUT2D eigenvalue weighted by molar-refractivity contribution is 5.63. The molecule has 266 valence electrons. The molecule has 3 N–H and O–H groups in total. The molecule has 7 nitrogen and oxygen atoms in total. The van der Waals surface area contributed by atoms with Crippen LogP contribution in [0.1, 0.15) is 33.4 Å². The second-order valence-electron chi connectivity index (χ2n) is 12.5. The molecule has 0 fully saturated rings. The zero-order valence-corrected chi connectivity index (χ0v) is 29.7. The van der Waals surface area contributed by atoms with E-state index < -0.39 is 29.1 Å². The number of ether oxygens (including phenoxy) is 4. The fourth-order valence-corrected chi connectivity index (χ4v) is 7.84. The molecule has 0 amide bonds. The molecule has 0 aliphatic heterocycles. The van der Waals surface area contributed by atoms with Crippen molar-refractivity contribution in [1.29, 1.82) is 0 Å². The molecule has 0 aliphatic rings. The van der Waals surface area contributed by atoms with Crippen molar-refractivity contribution in [3.63, 3.8) is 0 Å². The van der Waals surface area contributed by atoms with E-state index in [0.29, 0.717) is 56.4 Å². The fraction of sp³-hybridized carbons (Fsp3) is 0.200. The van der Waals surface area contributed by atoms with Gasteiger partial charge >= 0.3 is 0 Å². The Labute approximate surface area is 305 Å². The summed E-state index contributed by atoms with van der Waals surface area (Å²) in [5.41, 5.74) is 0.724. The van der Waals surface area contributed by atoms with Crippen LogP contribution in [0.3, 0.4) is 0 Å². The molecule has 0 saturated heterocycles. The maximum atomic E-state index is 13.2. The Hall–Kier alpha value is -5.60. The molecular formula is C45H44O7. The number of rotatable bonds is 14. The maximum Gasteiger partial charge on any atom is 0.165 e. The molecule has 6 aromatic rings. The number of hydrogen-bond acceptors (Lipinski definition) is 7. The summed E-state index contributed by atoms with van der Waals surface area (Å²) < 4.78 is 23.6. The molecule has 0 bridgehead atoms. The minimum absolute atomic E-state index is 0.380. The van der Waals surface area contributed by atoms with Crippen molar-refractivity contribution in [2.75, 3.05) is 28.4 Å². The predicted molar refractivity (Wildman–Crippen MR) is 203 cm³/mol. The molecule has 6 rings (SSSR count). The topological polar surface area (TPSA) is 97.6 Å². The van der Waals surface area contributed by atoms with Gasteiger partial charge in [-0.2, -0.15) is 0 Å². The van der Waals surface area contributed by atoms with Crippen LogP contribution < -0.4 is 18.9 Å². The van der Waals surface area contributed by atoms with Crippen molar-refractivity contribution in [3.8, 4) is 23.0 Å². The molecule has 0 aromatic heterocycles. The van der Waals surface area contributed by atoms with Crippen LogP contribution in [-0.4, -0.2) is 62.1 Å². The SMILES string of the molecule is COc1cccc(C(c2ccccc2)(c2ccccc2)C(O)C(O)C(O)C(c2ccccc2)(c2ccccc2)c2cccc(OC)c2OC)c1OC. The Bertz CT molecular complexity index is 1810. The summed E-state index contributed by atoms with van der Waals surface area (Å²) in [6.07, 6.45) is -5.18. The highest BCUT2D eigenvalue weighted by Gasteiger charge is 2.55. The second-order valence-corrected chi connectivity index (χ2v) is 12.5. The van der Waals surface area contributed by atoms with E-state index in [0.717, 1.165) is 0 Å². The smallest absolute Gasteiger partial charge is 0.165 e. The number of aliphatic hydroxyl groups is 3. The molecule has 2 atom stereocenters. The Morgan fingerprint density at radius 1 is 0.365 bits per heavy atom. The average Bonchev–Trinajstić information content (AvgIpc) is 3.22. The summed E-state index contributed by atoms with van der Waals surface area (Å²) >= 11 is 0. The molecule has 0 spiro atoms. The summed E-state index contributed by atoms with van der Waals surface area (Å²) in [4.78, 5) is 0. The predicted octanol–water partition coefficient (Wildman–Crippen LogP) is 7.17. The summed E-state index contributed by atoms with van der Waals surface area (Å²) in [5.74, 6) is 1.65. The Morgan fingerprint density at radius 2 is 0.654 bits per heavy atom. The molecule has 7 heteroatoms. The number of para-hydroxylation sites is 2. The Morgan fingerprint density at radius 3 is 0.904 bits per heavy atom. The van der Waals surface area contributed by atoms with E-state index in [4.69, 9.17) is 18.9 Å². The van der Waals surface area contributed by atoms with Crippen LogP contribution in [0.4, 0.5) is 0 Å². The van der Waals surface area contributed by atoms with Crippen LogP contribution in [-0.2, 0) is 10.8 Å². The van der Waals surface area contributed by atoms with E-state index >= 15 is 0 Å². The van der Waals surface area contributed by atoms with E-state index in [9.17, 15) is 15.3 Å². The van der Waals surface area contributed by atoms with Gasteiger partial charge in [0.15, 0.2) is 23.0 Å². The quantitative estimate of drug-likeness (QED) is 0.104. The lowest BCUT2D eigenvalue weighted by Gasteiger charge is -2.48. The zero-order valence-electron chi connectivity index (χ0n) is 29.7. The van der Waals surface area contributed by atoms with Crippen molar-refractivity contribution in [3.05, 3.63) is 191 Å². The number of aliphatic hydroxyl groups excluding tert-OH is 3. The van der Waals surface area contributed by atoms with Gasteiger partial charge in [0.05, 0.1) is 39.3 Å². The third-order valence-electron chi connectivity index (χ3n) is 10.1. The fourth-order valence-electron chi connectivity index (χ4n) is 7.84. The van der Waals surface area contributed by atoms with Crippen LogP contribution in [0.15, 0.2) is 158 Å². The van der Waals surface area contributed by atoms with Gasteiger partial charge < -0.3 is 34.3 Å². The molecular weight excluding hydrogens is 652 g/mol. The molecule has 6 aromatic carbocycles. The van der Waals surface area contributed by atoms with Gasteiger partial charge in [-0.25, -0.2) is 0 Å². The monoisotopic (exact) mass is 696 g/mol. The largest absolute Gasteiger partial charge is 0.493 e. The summed E-state index contributed by atoms with van der Waals surface area (Å²) in [6.45, 7) is 0. The lowest BCUT2D eigenvalue weighted by Crippen LogP contribution is -2.58. The zero-order chi connectivity index (χ0) is 36.7. The molecule has 2 unspecified atom stereocenters. The highest BCUT2D eigenvalue weighted by Crippen LogP contribution is 2.53. The van der Waals surface area contributed by atoms with Crippen LogP contribution in [0.25, 0.3) is 0 Å². The Balaban J connectivity index is 1.71. The molecule has 0 saturated carbocycles. The first-order valence-corrected chi connectivity index (χ1v) is 17.1.